The first-order valence-electron chi connectivity index (χ1n) is 14.1. The molecule has 1 saturated heterocycles. The minimum atomic E-state index is -4.18. The molecule has 0 bridgehead atoms. The Kier molecular flexibility index (Phi) is 9.63. The summed E-state index contributed by atoms with van der Waals surface area (Å²) in [6.45, 7) is 5.26. The molecule has 1 heterocycles. The fourth-order valence-electron chi connectivity index (χ4n) is 5.00. The maximum atomic E-state index is 13.9. The van der Waals surface area contributed by atoms with E-state index in [1.165, 1.54) is 20.1 Å². The van der Waals surface area contributed by atoms with Gasteiger partial charge in [-0.15, -0.1) is 0 Å². The van der Waals surface area contributed by atoms with Crippen LogP contribution < -0.4 is 4.74 Å². The number of nitrogens with zero attached hydrogens (tertiary/aromatic N) is 3. The van der Waals surface area contributed by atoms with Gasteiger partial charge in [-0.1, -0.05) is 55.1 Å². The first kappa shape index (κ1) is 33.2. The minimum Gasteiger partial charge on any atom is -0.507 e. The van der Waals surface area contributed by atoms with Crippen molar-refractivity contribution in [2.24, 2.45) is 4.99 Å². The summed E-state index contributed by atoms with van der Waals surface area (Å²) >= 11 is 0. The lowest BCUT2D eigenvalue weighted by Crippen LogP contribution is -2.67. The second-order valence-electron chi connectivity index (χ2n) is 10.6. The number of benzene rings is 4. The number of esters is 1. The van der Waals surface area contributed by atoms with Crippen molar-refractivity contribution in [3.8, 4) is 11.5 Å². The summed E-state index contributed by atoms with van der Waals surface area (Å²) in [5.41, 5.74) is 0.502. The SMILES string of the molecule is C=C(C)C(C(=O)OCc1ccc(OC)cc1)N1C(=O)C(N=Cc2cc([N+](=O)[O-])ccc2O)C1SS(=O)(=O)c1cccc2ccccc12. The van der Waals surface area contributed by atoms with Crippen molar-refractivity contribution in [1.29, 1.82) is 0 Å². The summed E-state index contributed by atoms with van der Waals surface area (Å²) in [6, 6.07) is 19.2. The lowest BCUT2D eigenvalue weighted by Gasteiger charge is -2.47. The van der Waals surface area contributed by atoms with Gasteiger partial charge < -0.3 is 19.5 Å². The van der Waals surface area contributed by atoms with Gasteiger partial charge in [0.05, 0.1) is 16.9 Å². The molecule has 0 radical (unpaired) electrons. The van der Waals surface area contributed by atoms with Gasteiger partial charge in [-0.05, 0) is 47.7 Å². The van der Waals surface area contributed by atoms with Crippen molar-refractivity contribution >= 4 is 54.2 Å². The van der Waals surface area contributed by atoms with E-state index >= 15 is 0 Å². The van der Waals surface area contributed by atoms with Gasteiger partial charge in [-0.3, -0.25) is 19.9 Å². The van der Waals surface area contributed by atoms with Crippen LogP contribution in [0.4, 0.5) is 5.69 Å². The number of nitro groups is 1. The van der Waals surface area contributed by atoms with Crippen molar-refractivity contribution in [3.63, 3.8) is 0 Å². The fourth-order valence-corrected chi connectivity index (χ4v) is 8.80. The fraction of sp³-hybridized carbons (Fsp3) is 0.182. The van der Waals surface area contributed by atoms with Gasteiger partial charge in [-0.2, -0.15) is 0 Å². The third-order valence-corrected chi connectivity index (χ3v) is 11.1. The van der Waals surface area contributed by atoms with Gasteiger partial charge in [0.2, 0.25) is 8.87 Å². The molecular weight excluding hydrogens is 647 g/mol. The van der Waals surface area contributed by atoms with E-state index in [1.54, 1.807) is 60.7 Å². The third kappa shape index (κ3) is 6.98. The standard InChI is InChI=1S/C33H29N3O9S2/c1-20(2)30(33(39)45-19-21-11-14-25(44-3)15-12-21)35-31(38)29(34-18-23-17-24(36(40)41)13-16-27(23)37)32(35)46-47(42,43)28-10-6-8-22-7-4-5-9-26(22)28/h4-18,29-30,32,37H,1,19H2,2-3H3. The molecule has 4 aromatic carbocycles. The molecular formula is C33H29N3O9S2. The van der Waals surface area contributed by atoms with Crippen LogP contribution in [0.3, 0.4) is 0 Å². The number of hydrogen-bond acceptors (Lipinski definition) is 11. The van der Waals surface area contributed by atoms with Crippen LogP contribution in [0.2, 0.25) is 0 Å². The quantitative estimate of drug-likeness (QED) is 0.0400. The molecule has 14 heteroatoms. The second kappa shape index (κ2) is 13.6. The zero-order chi connectivity index (χ0) is 33.9. The zero-order valence-corrected chi connectivity index (χ0v) is 26.8. The Hall–Kier alpha value is -5.21. The third-order valence-electron chi connectivity index (χ3n) is 7.40. The van der Waals surface area contributed by atoms with E-state index in [4.69, 9.17) is 9.47 Å². The first-order valence-corrected chi connectivity index (χ1v) is 17.0. The molecule has 1 N–H and O–H groups in total. The number of methoxy groups -OCH3 is 1. The van der Waals surface area contributed by atoms with Gasteiger partial charge >= 0.3 is 5.97 Å². The van der Waals surface area contributed by atoms with Crippen molar-refractivity contribution in [3.05, 3.63) is 118 Å². The highest BCUT2D eigenvalue weighted by Crippen LogP contribution is 2.42. The largest absolute Gasteiger partial charge is 0.507 e. The van der Waals surface area contributed by atoms with Crippen LogP contribution in [0.1, 0.15) is 18.1 Å². The Morgan fingerprint density at radius 2 is 1.83 bits per heavy atom. The number of aromatic hydroxyl groups is 1. The minimum absolute atomic E-state index is 0.00733. The summed E-state index contributed by atoms with van der Waals surface area (Å²) in [5.74, 6) is -1.25. The lowest BCUT2D eigenvalue weighted by atomic mass is 9.99. The molecule has 47 heavy (non-hydrogen) atoms. The molecule has 0 saturated carbocycles. The Labute approximate surface area is 273 Å². The number of carbonyl (C=O) groups is 2. The van der Waals surface area contributed by atoms with Gasteiger partial charge in [0, 0.05) is 40.1 Å². The number of aliphatic imine (C=N–C) groups is 1. The number of likely N-dealkylation sites (tertiary alicyclic amines) is 1. The average molecular weight is 676 g/mol. The van der Waals surface area contributed by atoms with Crippen molar-refractivity contribution in [2.45, 2.75) is 35.9 Å². The highest BCUT2D eigenvalue weighted by molar-refractivity contribution is 8.72. The Morgan fingerprint density at radius 1 is 1.13 bits per heavy atom. The number of phenolic OH excluding ortho intramolecular Hbond substituents is 1. The maximum absolute atomic E-state index is 13.9. The Morgan fingerprint density at radius 3 is 2.51 bits per heavy atom. The van der Waals surface area contributed by atoms with E-state index < -0.39 is 43.1 Å². The Balaban J connectivity index is 1.48. The summed E-state index contributed by atoms with van der Waals surface area (Å²) in [6.07, 6.45) is 1.07. The van der Waals surface area contributed by atoms with Gasteiger partial charge in [0.25, 0.3) is 11.6 Å². The van der Waals surface area contributed by atoms with Crippen LogP contribution in [0.25, 0.3) is 10.8 Å². The molecule has 12 nitrogen and oxygen atoms in total. The number of rotatable bonds is 12. The van der Waals surface area contributed by atoms with Crippen LogP contribution in [0.5, 0.6) is 11.5 Å². The molecule has 3 unspecified atom stereocenters. The number of nitro benzene ring substituents is 1. The highest BCUT2D eigenvalue weighted by Gasteiger charge is 2.55. The second-order valence-corrected chi connectivity index (χ2v) is 14.5. The zero-order valence-electron chi connectivity index (χ0n) is 25.2. The highest BCUT2D eigenvalue weighted by atomic mass is 33.1. The summed E-state index contributed by atoms with van der Waals surface area (Å²) < 4.78 is 38.5. The molecule has 1 fully saturated rings. The number of β-lactam (4-membered cyclic amide) rings is 1. The molecule has 1 aliphatic rings. The Bertz CT molecular complexity index is 2010. The number of phenols is 1. The molecule has 0 spiro atoms. The van der Waals surface area contributed by atoms with E-state index in [9.17, 15) is 33.2 Å². The molecule has 1 aliphatic heterocycles. The van der Waals surface area contributed by atoms with E-state index in [1.807, 2.05) is 0 Å². The number of fused-ring (bicyclic) bond motifs is 1. The van der Waals surface area contributed by atoms with Gasteiger partial charge in [0.15, 0.2) is 12.1 Å². The predicted molar refractivity (Wildman–Crippen MR) is 177 cm³/mol. The molecule has 242 valence electrons. The number of carbonyl (C=O) groups excluding carboxylic acids is 2. The molecule has 1 amide bonds. The van der Waals surface area contributed by atoms with E-state index in [0.717, 1.165) is 29.3 Å². The molecule has 0 aliphatic carbocycles. The van der Waals surface area contributed by atoms with Crippen LogP contribution in [-0.4, -0.2) is 66.0 Å². The van der Waals surface area contributed by atoms with Crippen LogP contribution in [-0.2, 0) is 29.8 Å². The summed E-state index contributed by atoms with van der Waals surface area (Å²) in [7, 11) is -2.22. The van der Waals surface area contributed by atoms with Crippen molar-refractivity contribution < 1.29 is 37.5 Å². The number of amides is 1. The molecule has 5 rings (SSSR count). The lowest BCUT2D eigenvalue weighted by molar-refractivity contribution is -0.384. The van der Waals surface area contributed by atoms with Crippen LogP contribution >= 0.6 is 10.8 Å². The summed E-state index contributed by atoms with van der Waals surface area (Å²) in [5, 5.41) is 21.5. The summed E-state index contributed by atoms with van der Waals surface area (Å²) in [4.78, 5) is 43.0. The topological polar surface area (TPSA) is 166 Å². The van der Waals surface area contributed by atoms with Crippen LogP contribution in [0.15, 0.2) is 107 Å². The average Bonchev–Trinajstić information content (AvgIpc) is 3.06. The van der Waals surface area contributed by atoms with E-state index in [0.29, 0.717) is 32.9 Å². The van der Waals surface area contributed by atoms with Crippen LogP contribution in [0, 0.1) is 10.1 Å². The predicted octanol–water partition coefficient (Wildman–Crippen LogP) is 5.23. The maximum Gasteiger partial charge on any atom is 0.333 e. The molecule has 3 atom stereocenters. The molecule has 0 aromatic heterocycles. The van der Waals surface area contributed by atoms with Crippen molar-refractivity contribution in [2.75, 3.05) is 7.11 Å². The molecule has 4 aromatic rings. The smallest absolute Gasteiger partial charge is 0.333 e. The number of non-ortho nitro benzene ring substituents is 1. The van der Waals surface area contributed by atoms with E-state index in [2.05, 4.69) is 11.6 Å². The normalized spacial score (nSPS) is 16.9. The van der Waals surface area contributed by atoms with Gasteiger partial charge in [0.1, 0.15) is 23.5 Å². The van der Waals surface area contributed by atoms with Crippen molar-refractivity contribution in [1.82, 2.24) is 4.90 Å². The monoisotopic (exact) mass is 675 g/mol. The van der Waals surface area contributed by atoms with E-state index in [-0.39, 0.29) is 34.1 Å². The first-order chi connectivity index (χ1) is 22.4. The van der Waals surface area contributed by atoms with Gasteiger partial charge in [-0.25, -0.2) is 13.2 Å². The number of hydrogen-bond donors (Lipinski definition) is 1. The number of ether oxygens (including phenoxy) is 2.